The zero-order valence-electron chi connectivity index (χ0n) is 8.40. The van der Waals surface area contributed by atoms with Crippen molar-refractivity contribution >= 4 is 17.7 Å². The molecule has 0 aliphatic rings. The molecule has 0 aliphatic heterocycles. The van der Waals surface area contributed by atoms with E-state index in [4.69, 9.17) is 5.11 Å². The number of carboxylic acid groups (broad SMARTS) is 1. The van der Waals surface area contributed by atoms with Gasteiger partial charge in [0.05, 0.1) is 0 Å². The summed E-state index contributed by atoms with van der Waals surface area (Å²) in [6.07, 6.45) is -2.38. The molecule has 0 atom stereocenters. The number of amides is 1. The van der Waals surface area contributed by atoms with Crippen molar-refractivity contribution in [1.82, 2.24) is 9.97 Å². The van der Waals surface area contributed by atoms with E-state index >= 15 is 0 Å². The van der Waals surface area contributed by atoms with Crippen molar-refractivity contribution in [1.29, 1.82) is 0 Å². The number of aromatic nitrogens is 2. The van der Waals surface area contributed by atoms with Crippen molar-refractivity contribution in [3.8, 4) is 0 Å². The summed E-state index contributed by atoms with van der Waals surface area (Å²) < 4.78 is 48.9. The maximum Gasteiger partial charge on any atom is 0.383 e. The van der Waals surface area contributed by atoms with Gasteiger partial charge >= 0.3 is 24.2 Å². The number of nitrogens with one attached hydrogen (secondary N) is 1. The van der Waals surface area contributed by atoms with Crippen molar-refractivity contribution in [3.63, 3.8) is 0 Å². The molecule has 6 nitrogen and oxygen atoms in total. The molecule has 0 bridgehead atoms. The Morgan fingerprint density at radius 2 is 1.83 bits per heavy atom. The zero-order valence-corrected chi connectivity index (χ0v) is 8.40. The number of hydrogen-bond acceptors (Lipinski definition) is 4. The van der Waals surface area contributed by atoms with E-state index in [1.807, 2.05) is 0 Å². The van der Waals surface area contributed by atoms with Gasteiger partial charge in [-0.1, -0.05) is 0 Å². The van der Waals surface area contributed by atoms with Crippen LogP contribution in [0, 0.1) is 0 Å². The van der Waals surface area contributed by atoms with Crippen LogP contribution < -0.4 is 5.32 Å². The number of carbonyl (C=O) groups is 2. The molecule has 0 spiro atoms. The molecule has 1 aromatic heterocycles. The largest absolute Gasteiger partial charge is 0.476 e. The van der Waals surface area contributed by atoms with E-state index in [9.17, 15) is 27.2 Å². The number of halogens is 4. The van der Waals surface area contributed by atoms with Crippen LogP contribution in [0.5, 0.6) is 0 Å². The molecule has 1 heterocycles. The van der Waals surface area contributed by atoms with Crippen LogP contribution in [0.1, 0.15) is 10.5 Å². The number of nitrogens with zero attached hydrogens (tertiary/aromatic N) is 2. The minimum atomic E-state index is -4.95. The van der Waals surface area contributed by atoms with Crippen LogP contribution in [0.3, 0.4) is 0 Å². The van der Waals surface area contributed by atoms with E-state index < -0.39 is 35.7 Å². The van der Waals surface area contributed by atoms with Gasteiger partial charge in [0.15, 0.2) is 11.5 Å². The maximum atomic E-state index is 12.6. The highest BCUT2D eigenvalue weighted by atomic mass is 19.3. The van der Waals surface area contributed by atoms with E-state index in [0.29, 0.717) is 0 Å². The first kappa shape index (κ1) is 13.8. The van der Waals surface area contributed by atoms with Gasteiger partial charge in [-0.2, -0.15) is 8.78 Å². The Bertz CT molecular complexity index is 480. The van der Waals surface area contributed by atoms with Crippen LogP contribution in [0.15, 0.2) is 12.4 Å². The smallest absolute Gasteiger partial charge is 0.383 e. The Hall–Kier alpha value is -2.26. The van der Waals surface area contributed by atoms with E-state index in [-0.39, 0.29) is 0 Å². The number of rotatable bonds is 4. The lowest BCUT2D eigenvalue weighted by Crippen LogP contribution is -2.41. The van der Waals surface area contributed by atoms with Crippen molar-refractivity contribution < 1.29 is 32.3 Å². The normalized spacial score (nSPS) is 11.4. The van der Waals surface area contributed by atoms with Crippen LogP contribution in [0.25, 0.3) is 0 Å². The van der Waals surface area contributed by atoms with Gasteiger partial charge in [-0.25, -0.2) is 23.5 Å². The standard InChI is InChI=1S/C8H5F4N3O3/c9-6(10)8(11,12)7(18)15-4-3(5(16)17)13-1-2-14-4/h1-2,6H,(H,16,17)(H,14,15,18). The lowest BCUT2D eigenvalue weighted by atomic mass is 10.3. The molecule has 0 radical (unpaired) electrons. The van der Waals surface area contributed by atoms with Crippen molar-refractivity contribution in [2.45, 2.75) is 12.3 Å². The number of alkyl halides is 4. The first-order chi connectivity index (χ1) is 8.26. The van der Waals surface area contributed by atoms with Gasteiger partial charge in [0, 0.05) is 12.4 Å². The first-order valence-corrected chi connectivity index (χ1v) is 4.28. The predicted octanol–water partition coefficient (Wildman–Crippen LogP) is 1.01. The Labute approximate surface area is 96.7 Å². The summed E-state index contributed by atoms with van der Waals surface area (Å²) in [7, 11) is 0. The van der Waals surface area contributed by atoms with Gasteiger partial charge in [-0.15, -0.1) is 0 Å². The van der Waals surface area contributed by atoms with Crippen molar-refractivity contribution in [2.24, 2.45) is 0 Å². The lowest BCUT2D eigenvalue weighted by molar-refractivity contribution is -0.163. The Morgan fingerprint density at radius 3 is 2.33 bits per heavy atom. The first-order valence-electron chi connectivity index (χ1n) is 4.28. The van der Waals surface area contributed by atoms with Gasteiger partial charge in [-0.05, 0) is 0 Å². The SMILES string of the molecule is O=C(O)c1nccnc1NC(=O)C(F)(F)C(F)F. The molecule has 98 valence electrons. The van der Waals surface area contributed by atoms with E-state index in [0.717, 1.165) is 12.4 Å². The summed E-state index contributed by atoms with van der Waals surface area (Å²) >= 11 is 0. The molecule has 0 saturated heterocycles. The highest BCUT2D eigenvalue weighted by Crippen LogP contribution is 2.24. The molecule has 0 fully saturated rings. The maximum absolute atomic E-state index is 12.6. The lowest BCUT2D eigenvalue weighted by Gasteiger charge is -2.14. The fourth-order valence-electron chi connectivity index (χ4n) is 0.876. The number of aromatic carboxylic acids is 1. The molecule has 2 N–H and O–H groups in total. The average molecular weight is 267 g/mol. The minimum absolute atomic E-state index is 0.837. The van der Waals surface area contributed by atoms with Gasteiger partial charge in [0.1, 0.15) is 0 Å². The second-order valence-electron chi connectivity index (χ2n) is 2.94. The van der Waals surface area contributed by atoms with E-state index in [2.05, 4.69) is 9.97 Å². The number of carboxylic acids is 1. The molecule has 0 saturated carbocycles. The average Bonchev–Trinajstić information content (AvgIpc) is 2.29. The topological polar surface area (TPSA) is 92.2 Å². The van der Waals surface area contributed by atoms with Gasteiger partial charge < -0.3 is 10.4 Å². The molecule has 10 heteroatoms. The summed E-state index contributed by atoms with van der Waals surface area (Å²) in [5, 5.41) is 9.89. The number of anilines is 1. The van der Waals surface area contributed by atoms with Gasteiger partial charge in [0.2, 0.25) is 0 Å². The van der Waals surface area contributed by atoms with E-state index in [1.165, 1.54) is 5.32 Å². The van der Waals surface area contributed by atoms with Crippen LogP contribution in [0.4, 0.5) is 23.4 Å². The Balaban J connectivity index is 2.99. The fraction of sp³-hybridized carbons (Fsp3) is 0.250. The summed E-state index contributed by atoms with van der Waals surface area (Å²) in [4.78, 5) is 28.0. The molecule has 0 unspecified atom stereocenters. The highest BCUT2D eigenvalue weighted by Gasteiger charge is 2.49. The van der Waals surface area contributed by atoms with Gasteiger partial charge in [0.25, 0.3) is 0 Å². The molecule has 18 heavy (non-hydrogen) atoms. The molecule has 1 rings (SSSR count). The molecular weight excluding hydrogens is 262 g/mol. The van der Waals surface area contributed by atoms with Crippen LogP contribution in [-0.2, 0) is 4.79 Å². The number of hydrogen-bond donors (Lipinski definition) is 2. The summed E-state index contributed by atoms with van der Waals surface area (Å²) in [5.41, 5.74) is -0.837. The molecule has 0 aliphatic carbocycles. The third kappa shape index (κ3) is 2.70. The van der Waals surface area contributed by atoms with E-state index in [1.54, 1.807) is 0 Å². The van der Waals surface area contributed by atoms with Crippen LogP contribution in [0.2, 0.25) is 0 Å². The second kappa shape index (κ2) is 4.94. The zero-order chi connectivity index (χ0) is 13.9. The Morgan fingerprint density at radius 1 is 1.28 bits per heavy atom. The van der Waals surface area contributed by atoms with Crippen molar-refractivity contribution in [2.75, 3.05) is 5.32 Å². The third-order valence-corrected chi connectivity index (χ3v) is 1.71. The molecule has 1 amide bonds. The Kier molecular flexibility index (Phi) is 3.79. The number of carbonyl (C=O) groups excluding carboxylic acids is 1. The van der Waals surface area contributed by atoms with Gasteiger partial charge in [-0.3, -0.25) is 4.79 Å². The van der Waals surface area contributed by atoms with Crippen LogP contribution >= 0.6 is 0 Å². The molecule has 0 aromatic carbocycles. The highest BCUT2D eigenvalue weighted by molar-refractivity contribution is 6.00. The van der Waals surface area contributed by atoms with Crippen LogP contribution in [-0.4, -0.2) is 39.3 Å². The second-order valence-corrected chi connectivity index (χ2v) is 2.94. The predicted molar refractivity (Wildman–Crippen MR) is 48.6 cm³/mol. The fourth-order valence-corrected chi connectivity index (χ4v) is 0.876. The minimum Gasteiger partial charge on any atom is -0.476 e. The third-order valence-electron chi connectivity index (χ3n) is 1.71. The molecular formula is C8H5F4N3O3. The summed E-state index contributed by atoms with van der Waals surface area (Å²) in [5.74, 6) is -9.80. The summed E-state index contributed by atoms with van der Waals surface area (Å²) in [6, 6.07) is 0. The quantitative estimate of drug-likeness (QED) is 0.794. The monoisotopic (exact) mass is 267 g/mol. The summed E-state index contributed by atoms with van der Waals surface area (Å²) in [6.45, 7) is 0. The van der Waals surface area contributed by atoms with Crippen molar-refractivity contribution in [3.05, 3.63) is 18.1 Å². The molecule has 1 aromatic rings.